The number of ether oxygens (including phenoxy) is 2. The number of carbonyl (C=O) groups excluding carboxylic acids is 1. The molecule has 42 heavy (non-hydrogen) atoms. The van der Waals surface area contributed by atoms with Crippen molar-refractivity contribution in [2.24, 2.45) is 0 Å². The molecule has 0 aromatic heterocycles. The van der Waals surface area contributed by atoms with Gasteiger partial charge in [-0.15, -0.1) is 0 Å². The first-order valence-electron chi connectivity index (χ1n) is 16.8. The third-order valence-electron chi connectivity index (χ3n) is 8.30. The van der Waals surface area contributed by atoms with Crippen LogP contribution in [0.4, 0.5) is 0 Å². The monoisotopic (exact) mass is 605 g/mol. The maximum atomic E-state index is 12.7. The molecule has 1 aliphatic heterocycles. The van der Waals surface area contributed by atoms with E-state index in [9.17, 15) is 35.4 Å². The summed E-state index contributed by atoms with van der Waals surface area (Å²) in [6.45, 7) is 3.49. The molecule has 1 amide bonds. The lowest BCUT2D eigenvalue weighted by Crippen LogP contribution is -2.60. The normalized spacial score (nSPS) is 24.8. The van der Waals surface area contributed by atoms with E-state index in [1.54, 1.807) is 0 Å². The molecule has 10 heteroatoms. The summed E-state index contributed by atoms with van der Waals surface area (Å²) in [7, 11) is 0. The lowest BCUT2D eigenvalue weighted by atomic mass is 9.98. The van der Waals surface area contributed by atoms with Crippen molar-refractivity contribution in [1.29, 1.82) is 0 Å². The molecule has 8 atom stereocenters. The van der Waals surface area contributed by atoms with Gasteiger partial charge in [0.25, 0.3) is 0 Å². The minimum atomic E-state index is -1.60. The summed E-state index contributed by atoms with van der Waals surface area (Å²) < 4.78 is 11.0. The van der Waals surface area contributed by atoms with Gasteiger partial charge in [-0.3, -0.25) is 4.79 Å². The standard InChI is InChI=1S/C32H63NO9/c1-3-5-7-9-11-12-13-15-16-18-20-25(35)28(37)24(33-27(36)21-19-17-14-10-8-6-4-2)23-41-32-31(40)30(39)29(38)26(22-34)42-32/h24-26,28-32,34-35,37-40H,3-23H2,1-2H3,(H,33,36)/t24-,25+,26+,28-,29-,30?,31?,32+/m0/s1. The maximum Gasteiger partial charge on any atom is 0.220 e. The Kier molecular flexibility index (Phi) is 22.8. The lowest BCUT2D eigenvalue weighted by Gasteiger charge is -2.40. The molecule has 7 N–H and O–H groups in total. The zero-order valence-electron chi connectivity index (χ0n) is 26.4. The Hall–Kier alpha value is -0.850. The van der Waals surface area contributed by atoms with E-state index >= 15 is 0 Å². The van der Waals surface area contributed by atoms with Crippen LogP contribution >= 0.6 is 0 Å². The molecular weight excluding hydrogens is 542 g/mol. The number of carbonyl (C=O) groups is 1. The van der Waals surface area contributed by atoms with Crippen LogP contribution in [0.5, 0.6) is 0 Å². The summed E-state index contributed by atoms with van der Waals surface area (Å²) in [4.78, 5) is 12.7. The second-order valence-electron chi connectivity index (χ2n) is 12.1. The van der Waals surface area contributed by atoms with Crippen LogP contribution in [0, 0.1) is 0 Å². The van der Waals surface area contributed by atoms with Gasteiger partial charge in [-0.05, 0) is 12.8 Å². The average molecular weight is 606 g/mol. The van der Waals surface area contributed by atoms with Gasteiger partial charge in [0.15, 0.2) is 6.29 Å². The summed E-state index contributed by atoms with van der Waals surface area (Å²) in [5.74, 6) is -0.267. The molecule has 1 aliphatic rings. The Morgan fingerprint density at radius 1 is 0.738 bits per heavy atom. The summed E-state index contributed by atoms with van der Waals surface area (Å²) >= 11 is 0. The van der Waals surface area contributed by atoms with E-state index in [-0.39, 0.29) is 18.9 Å². The molecule has 0 aromatic rings. The third kappa shape index (κ3) is 16.3. The highest BCUT2D eigenvalue weighted by Crippen LogP contribution is 2.23. The minimum absolute atomic E-state index is 0.267. The first kappa shape index (κ1) is 39.2. The fourth-order valence-electron chi connectivity index (χ4n) is 5.43. The van der Waals surface area contributed by atoms with Crippen molar-refractivity contribution in [3.63, 3.8) is 0 Å². The van der Waals surface area contributed by atoms with Gasteiger partial charge in [-0.1, -0.05) is 117 Å². The van der Waals surface area contributed by atoms with E-state index in [0.29, 0.717) is 6.42 Å². The van der Waals surface area contributed by atoms with Gasteiger partial charge in [-0.2, -0.15) is 0 Å². The van der Waals surface area contributed by atoms with Crippen molar-refractivity contribution in [2.45, 2.75) is 185 Å². The minimum Gasteiger partial charge on any atom is -0.394 e. The number of unbranched alkanes of at least 4 members (excludes halogenated alkanes) is 15. The van der Waals surface area contributed by atoms with Gasteiger partial charge in [0.05, 0.1) is 25.4 Å². The molecule has 0 radical (unpaired) electrons. The molecule has 1 heterocycles. The van der Waals surface area contributed by atoms with Crippen LogP contribution in [0.15, 0.2) is 0 Å². The second-order valence-corrected chi connectivity index (χ2v) is 12.1. The molecule has 1 rings (SSSR count). The van der Waals surface area contributed by atoms with E-state index in [2.05, 4.69) is 19.2 Å². The van der Waals surface area contributed by atoms with Crippen LogP contribution in [0.3, 0.4) is 0 Å². The van der Waals surface area contributed by atoms with Crippen molar-refractivity contribution in [3.8, 4) is 0 Å². The fourth-order valence-corrected chi connectivity index (χ4v) is 5.43. The number of amides is 1. The topological polar surface area (TPSA) is 169 Å². The van der Waals surface area contributed by atoms with Crippen molar-refractivity contribution in [3.05, 3.63) is 0 Å². The number of nitrogens with one attached hydrogen (secondary N) is 1. The maximum absolute atomic E-state index is 12.7. The molecule has 1 fully saturated rings. The molecule has 250 valence electrons. The molecule has 0 spiro atoms. The number of hydrogen-bond acceptors (Lipinski definition) is 9. The molecule has 2 unspecified atom stereocenters. The van der Waals surface area contributed by atoms with Crippen LogP contribution in [0.25, 0.3) is 0 Å². The van der Waals surface area contributed by atoms with Crippen LogP contribution in [0.1, 0.15) is 136 Å². The molecule has 0 saturated carbocycles. The molecule has 0 aliphatic carbocycles. The zero-order chi connectivity index (χ0) is 31.2. The van der Waals surface area contributed by atoms with Gasteiger partial charge in [0.2, 0.25) is 5.91 Å². The Morgan fingerprint density at radius 3 is 1.76 bits per heavy atom. The summed E-state index contributed by atoms with van der Waals surface area (Å²) in [6.07, 6.45) is 10.1. The Bertz CT molecular complexity index is 653. The molecular formula is C32H63NO9. The lowest BCUT2D eigenvalue weighted by molar-refractivity contribution is -0.303. The highest BCUT2D eigenvalue weighted by Gasteiger charge is 2.44. The smallest absolute Gasteiger partial charge is 0.220 e. The van der Waals surface area contributed by atoms with E-state index in [0.717, 1.165) is 51.4 Å². The highest BCUT2D eigenvalue weighted by atomic mass is 16.7. The first-order valence-corrected chi connectivity index (χ1v) is 16.8. The highest BCUT2D eigenvalue weighted by molar-refractivity contribution is 5.76. The van der Waals surface area contributed by atoms with E-state index in [1.807, 2.05) is 0 Å². The fraction of sp³-hybridized carbons (Fsp3) is 0.969. The van der Waals surface area contributed by atoms with Crippen LogP contribution in [-0.2, 0) is 14.3 Å². The summed E-state index contributed by atoms with van der Waals surface area (Å²) in [5, 5.41) is 64.3. The van der Waals surface area contributed by atoms with E-state index in [4.69, 9.17) is 9.47 Å². The predicted octanol–water partition coefficient (Wildman–Crippen LogP) is 3.46. The predicted molar refractivity (Wildman–Crippen MR) is 163 cm³/mol. The number of hydrogen-bond donors (Lipinski definition) is 7. The molecule has 1 saturated heterocycles. The number of aliphatic hydroxyl groups is 6. The number of aliphatic hydroxyl groups excluding tert-OH is 6. The molecule has 10 nitrogen and oxygen atoms in total. The first-order chi connectivity index (χ1) is 20.3. The van der Waals surface area contributed by atoms with Gasteiger partial charge >= 0.3 is 0 Å². The van der Waals surface area contributed by atoms with E-state index in [1.165, 1.54) is 57.8 Å². The van der Waals surface area contributed by atoms with Gasteiger partial charge in [0, 0.05) is 6.42 Å². The second kappa shape index (κ2) is 24.5. The van der Waals surface area contributed by atoms with Crippen LogP contribution in [0.2, 0.25) is 0 Å². The number of rotatable bonds is 26. The van der Waals surface area contributed by atoms with Gasteiger partial charge in [-0.25, -0.2) is 0 Å². The molecule has 0 aromatic carbocycles. The Labute approximate surface area is 254 Å². The van der Waals surface area contributed by atoms with Crippen molar-refractivity contribution in [1.82, 2.24) is 5.32 Å². The summed E-state index contributed by atoms with van der Waals surface area (Å²) in [5.41, 5.74) is 0. The summed E-state index contributed by atoms with van der Waals surface area (Å²) in [6, 6.07) is -0.979. The molecule has 0 bridgehead atoms. The quantitative estimate of drug-likeness (QED) is 0.0730. The third-order valence-corrected chi connectivity index (χ3v) is 8.30. The average Bonchev–Trinajstić information content (AvgIpc) is 2.98. The SMILES string of the molecule is CCCCCCCCCCCC[C@@H](O)[C@@H](O)[C@H](CO[C@@H]1O[C@H](CO)[C@H](O)C(O)C1O)NC(=O)CCCCCCCCC. The van der Waals surface area contributed by atoms with Crippen molar-refractivity contribution >= 4 is 5.91 Å². The zero-order valence-corrected chi connectivity index (χ0v) is 26.4. The Morgan fingerprint density at radius 2 is 1.24 bits per heavy atom. The van der Waals surface area contributed by atoms with Crippen molar-refractivity contribution < 1.29 is 44.9 Å². The van der Waals surface area contributed by atoms with Crippen molar-refractivity contribution in [2.75, 3.05) is 13.2 Å². The van der Waals surface area contributed by atoms with Gasteiger partial charge < -0.3 is 45.4 Å². The van der Waals surface area contributed by atoms with E-state index < -0.39 is 55.6 Å². The largest absolute Gasteiger partial charge is 0.394 e. The van der Waals surface area contributed by atoms with Gasteiger partial charge in [0.1, 0.15) is 30.5 Å². The van der Waals surface area contributed by atoms with Crippen LogP contribution in [-0.4, -0.2) is 98.7 Å². The Balaban J connectivity index is 2.58. The van der Waals surface area contributed by atoms with Crippen LogP contribution < -0.4 is 5.32 Å².